The number of pyridine rings is 1. The van der Waals surface area contributed by atoms with Gasteiger partial charge in [-0.05, 0) is 65.9 Å². The number of benzene rings is 1. The number of anilines is 1. The molecule has 0 bridgehead atoms. The van der Waals surface area contributed by atoms with Gasteiger partial charge in [-0.15, -0.1) is 0 Å². The Morgan fingerprint density at radius 3 is 2.78 bits per heavy atom. The number of halogens is 1. The maximum atomic E-state index is 6.65. The quantitative estimate of drug-likeness (QED) is 0.681. The third-order valence-corrected chi connectivity index (χ3v) is 6.66. The Hall–Kier alpha value is -1.23. The van der Waals surface area contributed by atoms with Crippen LogP contribution >= 0.6 is 23.4 Å². The normalized spacial score (nSPS) is 15.7. The van der Waals surface area contributed by atoms with Gasteiger partial charge in [0.05, 0.1) is 16.8 Å². The van der Waals surface area contributed by atoms with Crippen LogP contribution in [0, 0.1) is 5.41 Å². The molecule has 0 radical (unpaired) electrons. The topological polar surface area (TPSA) is 37.0 Å². The average molecular weight is 404 g/mol. The monoisotopic (exact) mass is 403 g/mol. The molecule has 1 aromatic heterocycles. The summed E-state index contributed by atoms with van der Waals surface area (Å²) in [6.07, 6.45) is 5.85. The summed E-state index contributed by atoms with van der Waals surface area (Å²) in [5, 5.41) is 8.09. The Balaban J connectivity index is 1.86. The highest BCUT2D eigenvalue weighted by Crippen LogP contribution is 2.35. The van der Waals surface area contributed by atoms with Crippen LogP contribution in [0.15, 0.2) is 36.7 Å². The molecule has 0 amide bonds. The van der Waals surface area contributed by atoms with E-state index in [1.54, 1.807) is 0 Å². The van der Waals surface area contributed by atoms with Crippen molar-refractivity contribution in [1.82, 2.24) is 10.3 Å². The van der Waals surface area contributed by atoms with Crippen LogP contribution in [0.3, 0.4) is 0 Å². The van der Waals surface area contributed by atoms with Crippen LogP contribution in [0.25, 0.3) is 0 Å². The van der Waals surface area contributed by atoms with Gasteiger partial charge in [0.1, 0.15) is 0 Å². The predicted molar refractivity (Wildman–Crippen MR) is 119 cm³/mol. The van der Waals surface area contributed by atoms with Crippen molar-refractivity contribution in [2.75, 3.05) is 29.9 Å². The van der Waals surface area contributed by atoms with Gasteiger partial charge < -0.3 is 10.6 Å². The maximum absolute atomic E-state index is 6.65. The third kappa shape index (κ3) is 5.87. The molecule has 2 heterocycles. The largest absolute Gasteiger partial charge is 0.376 e. The van der Waals surface area contributed by atoms with Crippen LogP contribution in [0.4, 0.5) is 5.69 Å². The van der Waals surface area contributed by atoms with Crippen LogP contribution in [0.5, 0.6) is 0 Å². The molecular formula is C22H30ClN3S. The van der Waals surface area contributed by atoms with Crippen molar-refractivity contribution in [2.45, 2.75) is 39.7 Å². The number of aromatic nitrogens is 1. The molecule has 5 heteroatoms. The summed E-state index contributed by atoms with van der Waals surface area (Å²) < 4.78 is 0. The minimum absolute atomic E-state index is 0.186. The zero-order valence-electron chi connectivity index (χ0n) is 16.5. The fourth-order valence-corrected chi connectivity index (χ4v) is 4.83. The van der Waals surface area contributed by atoms with Gasteiger partial charge in [0, 0.05) is 18.1 Å². The zero-order chi connectivity index (χ0) is 19.3. The van der Waals surface area contributed by atoms with E-state index >= 15 is 0 Å². The highest BCUT2D eigenvalue weighted by molar-refractivity contribution is 7.99. The predicted octanol–water partition coefficient (Wildman–Crippen LogP) is 5.36. The Labute approximate surface area is 172 Å². The Morgan fingerprint density at radius 2 is 2.04 bits per heavy atom. The van der Waals surface area contributed by atoms with Gasteiger partial charge in [0.15, 0.2) is 0 Å². The lowest BCUT2D eigenvalue weighted by Gasteiger charge is -2.25. The average Bonchev–Trinajstić information content (AvgIpc) is 2.88. The van der Waals surface area contributed by atoms with Crippen molar-refractivity contribution in [2.24, 2.45) is 5.41 Å². The van der Waals surface area contributed by atoms with Crippen molar-refractivity contribution in [3.05, 3.63) is 58.4 Å². The first-order valence-corrected chi connectivity index (χ1v) is 11.2. The molecule has 1 unspecified atom stereocenters. The molecule has 0 saturated carbocycles. The van der Waals surface area contributed by atoms with Crippen LogP contribution < -0.4 is 10.6 Å². The molecule has 2 N–H and O–H groups in total. The number of fused-ring (bicyclic) bond motifs is 1. The highest BCUT2D eigenvalue weighted by Gasteiger charge is 2.20. The summed E-state index contributed by atoms with van der Waals surface area (Å²) in [4.78, 5) is 4.34. The molecule has 0 aliphatic carbocycles. The van der Waals surface area contributed by atoms with Gasteiger partial charge in [0.2, 0.25) is 0 Å². The molecule has 0 fully saturated rings. The van der Waals surface area contributed by atoms with Gasteiger partial charge >= 0.3 is 0 Å². The number of thioether (sulfide) groups is 1. The first-order valence-electron chi connectivity index (χ1n) is 9.69. The van der Waals surface area contributed by atoms with Crippen LogP contribution in [0.2, 0.25) is 5.02 Å². The van der Waals surface area contributed by atoms with Crippen LogP contribution in [0.1, 0.15) is 43.5 Å². The summed E-state index contributed by atoms with van der Waals surface area (Å²) in [5.41, 5.74) is 5.39. The number of nitrogens with zero attached hydrogens (tertiary/aromatic N) is 1. The smallest absolute Gasteiger partial charge is 0.0640 e. The van der Waals surface area contributed by atoms with E-state index in [4.69, 9.17) is 11.6 Å². The highest BCUT2D eigenvalue weighted by atomic mass is 35.5. The van der Waals surface area contributed by atoms with Crippen molar-refractivity contribution in [1.29, 1.82) is 0 Å². The van der Waals surface area contributed by atoms with E-state index < -0.39 is 0 Å². The number of hydrogen-bond donors (Lipinski definition) is 2. The van der Waals surface area contributed by atoms with E-state index in [1.807, 2.05) is 36.3 Å². The van der Waals surface area contributed by atoms with E-state index in [-0.39, 0.29) is 6.04 Å². The second-order valence-electron chi connectivity index (χ2n) is 8.37. The molecule has 1 aromatic carbocycles. The third-order valence-electron chi connectivity index (χ3n) is 4.71. The molecule has 146 valence electrons. The van der Waals surface area contributed by atoms with E-state index in [0.717, 1.165) is 48.1 Å². The lowest BCUT2D eigenvalue weighted by molar-refractivity contribution is 0.480. The molecule has 3 rings (SSSR count). The van der Waals surface area contributed by atoms with Gasteiger partial charge in [-0.1, -0.05) is 44.5 Å². The standard InChI is InChI=1S/C22H30ClN3S/c1-22(2,3)15-27-14-20(17-5-4-10-25-13-17)26-21-18-9-12-24-11-8-16(18)6-7-19(21)23/h4-7,10,13,20,24,26H,8-9,11-12,14-15H2,1-3H3. The Bertz CT molecular complexity index is 743. The molecule has 3 nitrogen and oxygen atoms in total. The molecule has 0 saturated heterocycles. The minimum atomic E-state index is 0.186. The molecule has 1 aliphatic rings. The van der Waals surface area contributed by atoms with Crippen molar-refractivity contribution in [3.63, 3.8) is 0 Å². The van der Waals surface area contributed by atoms with Gasteiger partial charge in [0.25, 0.3) is 0 Å². The van der Waals surface area contributed by atoms with Gasteiger partial charge in [-0.2, -0.15) is 11.8 Å². The number of hydrogen-bond acceptors (Lipinski definition) is 4. The number of rotatable bonds is 6. The SMILES string of the molecule is CC(C)(C)CSCC(Nc1c(Cl)ccc2c1CCNCC2)c1cccnc1. The fraction of sp³-hybridized carbons (Fsp3) is 0.500. The van der Waals surface area contributed by atoms with Crippen LogP contribution in [-0.2, 0) is 12.8 Å². The van der Waals surface area contributed by atoms with E-state index in [9.17, 15) is 0 Å². The lowest BCUT2D eigenvalue weighted by atomic mass is 9.99. The zero-order valence-corrected chi connectivity index (χ0v) is 18.1. The molecule has 27 heavy (non-hydrogen) atoms. The molecule has 1 atom stereocenters. The molecule has 1 aliphatic heterocycles. The first kappa shape index (κ1) is 20.5. The second-order valence-corrected chi connectivity index (χ2v) is 9.81. The molecular weight excluding hydrogens is 374 g/mol. The summed E-state index contributed by atoms with van der Waals surface area (Å²) in [7, 11) is 0. The second kappa shape index (κ2) is 9.31. The van der Waals surface area contributed by atoms with Crippen LogP contribution in [-0.4, -0.2) is 29.6 Å². The Kier molecular flexibility index (Phi) is 7.07. The van der Waals surface area contributed by atoms with E-state index in [1.165, 1.54) is 16.7 Å². The maximum Gasteiger partial charge on any atom is 0.0640 e. The summed E-state index contributed by atoms with van der Waals surface area (Å²) in [5.74, 6) is 2.11. The van der Waals surface area contributed by atoms with Crippen molar-refractivity contribution >= 4 is 29.1 Å². The van der Waals surface area contributed by atoms with E-state index in [0.29, 0.717) is 5.41 Å². The summed E-state index contributed by atoms with van der Waals surface area (Å²) in [6, 6.07) is 8.57. The molecule has 2 aromatic rings. The first-order chi connectivity index (χ1) is 12.9. The number of nitrogens with one attached hydrogen (secondary N) is 2. The lowest BCUT2D eigenvalue weighted by Crippen LogP contribution is -2.18. The van der Waals surface area contributed by atoms with E-state index in [2.05, 4.69) is 48.5 Å². The van der Waals surface area contributed by atoms with Gasteiger partial charge in [-0.25, -0.2) is 0 Å². The summed E-state index contributed by atoms with van der Waals surface area (Å²) in [6.45, 7) is 8.88. The summed E-state index contributed by atoms with van der Waals surface area (Å²) >= 11 is 8.63. The van der Waals surface area contributed by atoms with Crippen molar-refractivity contribution in [3.8, 4) is 0 Å². The van der Waals surface area contributed by atoms with Crippen molar-refractivity contribution < 1.29 is 0 Å². The Morgan fingerprint density at radius 1 is 1.22 bits per heavy atom. The van der Waals surface area contributed by atoms with Gasteiger partial charge in [-0.3, -0.25) is 4.98 Å². The minimum Gasteiger partial charge on any atom is -0.376 e. The fourth-order valence-electron chi connectivity index (χ4n) is 3.36. The molecule has 0 spiro atoms.